The maximum absolute atomic E-state index is 12.1. The van der Waals surface area contributed by atoms with Crippen LogP contribution in [0, 0.1) is 5.92 Å². The summed E-state index contributed by atoms with van der Waals surface area (Å²) in [7, 11) is 1.67. The van der Waals surface area contributed by atoms with E-state index in [1.165, 1.54) is 5.56 Å². The van der Waals surface area contributed by atoms with Crippen LogP contribution in [0.1, 0.15) is 24.8 Å². The fraction of sp³-hybridized carbons (Fsp3) is 0.562. The van der Waals surface area contributed by atoms with E-state index in [1.807, 2.05) is 17.0 Å². The molecule has 20 heavy (non-hydrogen) atoms. The molecule has 110 valence electrons. The Balaban J connectivity index is 1.71. The number of rotatable bonds is 6. The van der Waals surface area contributed by atoms with Gasteiger partial charge in [0.15, 0.2) is 0 Å². The first kappa shape index (κ1) is 14.9. The number of aryl methyl sites for hydroxylation is 1. The zero-order valence-electron chi connectivity index (χ0n) is 12.2. The highest BCUT2D eigenvalue weighted by molar-refractivity contribution is 5.76. The minimum Gasteiger partial charge on any atom is -0.497 e. The number of carbonyl (C=O) groups excluding carboxylic acids is 1. The number of carbonyl (C=O) groups is 1. The number of hydrogen-bond acceptors (Lipinski definition) is 3. The van der Waals surface area contributed by atoms with Gasteiger partial charge in [0.05, 0.1) is 7.11 Å². The molecule has 1 saturated heterocycles. The highest BCUT2D eigenvalue weighted by Gasteiger charge is 2.24. The molecule has 1 aromatic rings. The lowest BCUT2D eigenvalue weighted by Gasteiger charge is -2.16. The monoisotopic (exact) mass is 276 g/mol. The minimum atomic E-state index is 0.273. The van der Waals surface area contributed by atoms with Gasteiger partial charge in [0.1, 0.15) is 5.75 Å². The lowest BCUT2D eigenvalue weighted by Crippen LogP contribution is -2.29. The molecule has 4 nitrogen and oxygen atoms in total. The van der Waals surface area contributed by atoms with E-state index in [0.29, 0.717) is 18.9 Å². The molecule has 1 aromatic carbocycles. The van der Waals surface area contributed by atoms with Crippen LogP contribution >= 0.6 is 0 Å². The van der Waals surface area contributed by atoms with Gasteiger partial charge in [-0.15, -0.1) is 0 Å². The van der Waals surface area contributed by atoms with Gasteiger partial charge in [-0.25, -0.2) is 0 Å². The van der Waals surface area contributed by atoms with E-state index in [0.717, 1.165) is 38.1 Å². The predicted molar refractivity (Wildman–Crippen MR) is 79.7 cm³/mol. The Bertz CT molecular complexity index is 431. The number of nitrogens with two attached hydrogens (primary N) is 1. The maximum atomic E-state index is 12.1. The van der Waals surface area contributed by atoms with Crippen LogP contribution in [0.3, 0.4) is 0 Å². The average Bonchev–Trinajstić information content (AvgIpc) is 2.97. The van der Waals surface area contributed by atoms with Gasteiger partial charge >= 0.3 is 0 Å². The van der Waals surface area contributed by atoms with Crippen molar-refractivity contribution >= 4 is 5.91 Å². The highest BCUT2D eigenvalue weighted by atomic mass is 16.5. The summed E-state index contributed by atoms with van der Waals surface area (Å²) in [5.74, 6) is 1.64. The Labute approximate surface area is 120 Å². The van der Waals surface area contributed by atoms with Crippen molar-refractivity contribution in [3.05, 3.63) is 29.8 Å². The molecule has 1 amide bonds. The molecule has 0 saturated carbocycles. The summed E-state index contributed by atoms with van der Waals surface area (Å²) in [6.07, 6.45) is 3.52. The van der Waals surface area contributed by atoms with Crippen LogP contribution in [0.25, 0.3) is 0 Å². The van der Waals surface area contributed by atoms with Crippen LogP contribution in [-0.4, -0.2) is 37.6 Å². The average molecular weight is 276 g/mol. The second-order valence-corrected chi connectivity index (χ2v) is 5.43. The molecule has 1 aliphatic heterocycles. The van der Waals surface area contributed by atoms with Crippen molar-refractivity contribution in [2.45, 2.75) is 25.7 Å². The van der Waals surface area contributed by atoms with Crippen molar-refractivity contribution < 1.29 is 9.53 Å². The Morgan fingerprint density at radius 2 is 2.15 bits per heavy atom. The standard InChI is InChI=1S/C16H24N2O2/c1-20-15-7-5-13(6-8-15)3-2-4-16(19)18-10-9-14(11-17)12-18/h5-8,14H,2-4,9-12,17H2,1H3/t14-/m0/s1. The minimum absolute atomic E-state index is 0.273. The molecule has 2 N–H and O–H groups in total. The van der Waals surface area contributed by atoms with Crippen LogP contribution in [0.2, 0.25) is 0 Å². The number of ether oxygens (including phenoxy) is 1. The van der Waals surface area contributed by atoms with E-state index in [4.69, 9.17) is 10.5 Å². The Morgan fingerprint density at radius 3 is 2.75 bits per heavy atom. The van der Waals surface area contributed by atoms with E-state index in [-0.39, 0.29) is 5.91 Å². The molecule has 0 aromatic heterocycles. The lowest BCUT2D eigenvalue weighted by molar-refractivity contribution is -0.130. The number of amides is 1. The van der Waals surface area contributed by atoms with Gasteiger partial charge < -0.3 is 15.4 Å². The lowest BCUT2D eigenvalue weighted by atomic mass is 10.1. The number of benzene rings is 1. The van der Waals surface area contributed by atoms with Crippen LogP contribution < -0.4 is 10.5 Å². The summed E-state index contributed by atoms with van der Waals surface area (Å²) in [6, 6.07) is 8.04. The highest BCUT2D eigenvalue weighted by Crippen LogP contribution is 2.17. The zero-order valence-corrected chi connectivity index (χ0v) is 12.2. The molecule has 0 bridgehead atoms. The van der Waals surface area contributed by atoms with E-state index in [2.05, 4.69) is 12.1 Å². The molecule has 0 aliphatic carbocycles. The second kappa shape index (κ2) is 7.29. The molecule has 1 heterocycles. The van der Waals surface area contributed by atoms with Crippen LogP contribution in [0.15, 0.2) is 24.3 Å². The number of likely N-dealkylation sites (tertiary alicyclic amines) is 1. The maximum Gasteiger partial charge on any atom is 0.222 e. The first-order valence-corrected chi connectivity index (χ1v) is 7.33. The Kier molecular flexibility index (Phi) is 5.41. The van der Waals surface area contributed by atoms with Crippen molar-refractivity contribution in [2.24, 2.45) is 11.7 Å². The van der Waals surface area contributed by atoms with Crippen molar-refractivity contribution in [1.82, 2.24) is 4.90 Å². The van der Waals surface area contributed by atoms with Gasteiger partial charge in [-0.1, -0.05) is 12.1 Å². The molecule has 1 atom stereocenters. The van der Waals surface area contributed by atoms with Crippen LogP contribution in [0.5, 0.6) is 5.75 Å². The van der Waals surface area contributed by atoms with E-state index in [9.17, 15) is 4.79 Å². The smallest absolute Gasteiger partial charge is 0.222 e. The predicted octanol–water partition coefficient (Wildman–Crippen LogP) is 1.83. The fourth-order valence-electron chi connectivity index (χ4n) is 2.65. The van der Waals surface area contributed by atoms with Gasteiger partial charge in [0.25, 0.3) is 0 Å². The summed E-state index contributed by atoms with van der Waals surface area (Å²) in [4.78, 5) is 14.0. The molecular weight excluding hydrogens is 252 g/mol. The molecular formula is C16H24N2O2. The van der Waals surface area contributed by atoms with Crippen molar-refractivity contribution in [1.29, 1.82) is 0 Å². The summed E-state index contributed by atoms with van der Waals surface area (Å²) in [5, 5.41) is 0. The van der Waals surface area contributed by atoms with Crippen LogP contribution in [-0.2, 0) is 11.2 Å². The normalized spacial score (nSPS) is 18.3. The Hall–Kier alpha value is -1.55. The van der Waals surface area contributed by atoms with Crippen molar-refractivity contribution in [3.8, 4) is 5.75 Å². The number of hydrogen-bond donors (Lipinski definition) is 1. The number of methoxy groups -OCH3 is 1. The molecule has 0 spiro atoms. The molecule has 2 rings (SSSR count). The van der Waals surface area contributed by atoms with Gasteiger partial charge in [-0.2, -0.15) is 0 Å². The molecule has 4 heteroatoms. The third kappa shape index (κ3) is 3.97. The molecule has 1 aliphatic rings. The van der Waals surface area contributed by atoms with Crippen LogP contribution in [0.4, 0.5) is 0 Å². The SMILES string of the molecule is COc1ccc(CCCC(=O)N2CC[C@@H](CN)C2)cc1. The third-order valence-electron chi connectivity index (χ3n) is 3.99. The van der Waals surface area contributed by atoms with Crippen molar-refractivity contribution in [3.63, 3.8) is 0 Å². The largest absolute Gasteiger partial charge is 0.497 e. The first-order chi connectivity index (χ1) is 9.72. The van der Waals surface area contributed by atoms with Gasteiger partial charge in [0.2, 0.25) is 5.91 Å². The van der Waals surface area contributed by atoms with E-state index >= 15 is 0 Å². The Morgan fingerprint density at radius 1 is 1.40 bits per heavy atom. The first-order valence-electron chi connectivity index (χ1n) is 7.33. The quantitative estimate of drug-likeness (QED) is 0.862. The topological polar surface area (TPSA) is 55.6 Å². The summed E-state index contributed by atoms with van der Waals surface area (Å²) in [5.41, 5.74) is 6.90. The second-order valence-electron chi connectivity index (χ2n) is 5.43. The number of nitrogens with zero attached hydrogens (tertiary/aromatic N) is 1. The van der Waals surface area contributed by atoms with Gasteiger partial charge in [-0.05, 0) is 49.4 Å². The zero-order chi connectivity index (χ0) is 14.4. The molecule has 0 unspecified atom stereocenters. The summed E-state index contributed by atoms with van der Waals surface area (Å²) in [6.45, 7) is 2.41. The molecule has 0 radical (unpaired) electrons. The van der Waals surface area contributed by atoms with E-state index < -0.39 is 0 Å². The van der Waals surface area contributed by atoms with Crippen molar-refractivity contribution in [2.75, 3.05) is 26.7 Å². The fourth-order valence-corrected chi connectivity index (χ4v) is 2.65. The summed E-state index contributed by atoms with van der Waals surface area (Å²) >= 11 is 0. The summed E-state index contributed by atoms with van der Waals surface area (Å²) < 4.78 is 5.13. The molecule has 1 fully saturated rings. The van der Waals surface area contributed by atoms with Gasteiger partial charge in [0, 0.05) is 19.5 Å². The van der Waals surface area contributed by atoms with E-state index in [1.54, 1.807) is 7.11 Å². The third-order valence-corrected chi connectivity index (χ3v) is 3.99. The van der Waals surface area contributed by atoms with Gasteiger partial charge in [-0.3, -0.25) is 4.79 Å².